The first-order chi connectivity index (χ1) is 9.95. The van der Waals surface area contributed by atoms with E-state index < -0.39 is 0 Å². The van der Waals surface area contributed by atoms with Crippen LogP contribution in [-0.2, 0) is 0 Å². The second-order valence-electron chi connectivity index (χ2n) is 5.55. The molecule has 0 aliphatic carbocycles. The number of aryl methyl sites for hydroxylation is 1. The molecule has 1 unspecified atom stereocenters. The molecule has 0 bridgehead atoms. The van der Waals surface area contributed by atoms with Gasteiger partial charge in [-0.15, -0.1) is 0 Å². The lowest BCUT2D eigenvalue weighted by atomic mass is 10.0. The first-order valence-electron chi connectivity index (χ1n) is 7.19. The van der Waals surface area contributed by atoms with Gasteiger partial charge in [-0.1, -0.05) is 26.0 Å². The monoisotopic (exact) mass is 286 g/mol. The van der Waals surface area contributed by atoms with Crippen molar-refractivity contribution in [2.75, 3.05) is 5.32 Å². The zero-order chi connectivity index (χ0) is 15.4. The number of urea groups is 1. The highest BCUT2D eigenvalue weighted by molar-refractivity contribution is 5.89. The van der Waals surface area contributed by atoms with E-state index in [1.54, 1.807) is 0 Å². The molecule has 0 spiro atoms. The van der Waals surface area contributed by atoms with Crippen LogP contribution in [0.5, 0.6) is 0 Å². The average Bonchev–Trinajstić information content (AvgIpc) is 2.86. The molecular weight excluding hydrogens is 264 g/mol. The third kappa shape index (κ3) is 4.12. The molecular formula is C17H22N2O2. The number of hydrogen-bond acceptors (Lipinski definition) is 2. The smallest absolute Gasteiger partial charge is 0.319 e. The number of benzene rings is 1. The molecule has 0 aliphatic rings. The van der Waals surface area contributed by atoms with Crippen molar-refractivity contribution in [3.8, 4) is 0 Å². The van der Waals surface area contributed by atoms with Crippen LogP contribution < -0.4 is 10.6 Å². The summed E-state index contributed by atoms with van der Waals surface area (Å²) in [5, 5.41) is 5.68. The molecule has 4 heteroatoms. The Bertz CT molecular complexity index is 600. The number of nitrogens with one attached hydrogen (secondary N) is 2. The third-order valence-electron chi connectivity index (χ3n) is 3.37. The lowest BCUT2D eigenvalue weighted by Gasteiger charge is -2.13. The van der Waals surface area contributed by atoms with E-state index in [2.05, 4.69) is 24.5 Å². The van der Waals surface area contributed by atoms with Crippen LogP contribution in [0, 0.1) is 6.92 Å². The summed E-state index contributed by atoms with van der Waals surface area (Å²) in [6, 6.07) is 11.2. The van der Waals surface area contributed by atoms with Crippen LogP contribution in [0.4, 0.5) is 10.5 Å². The van der Waals surface area contributed by atoms with E-state index in [0.29, 0.717) is 5.92 Å². The average molecular weight is 286 g/mol. The van der Waals surface area contributed by atoms with Crippen molar-refractivity contribution < 1.29 is 9.21 Å². The summed E-state index contributed by atoms with van der Waals surface area (Å²) in [6.07, 6.45) is 0. The number of carbonyl (C=O) groups excluding carboxylic acids is 1. The standard InChI is InChI=1S/C17H22N2O2/c1-11(2)14-6-8-15(9-7-14)19-17(20)18-13(4)16-10-5-12(3)21-16/h5-11,13H,1-4H3,(H2,18,19,20). The maximum absolute atomic E-state index is 12.0. The molecule has 0 radical (unpaired) electrons. The molecule has 2 aromatic rings. The Morgan fingerprint density at radius 1 is 1.05 bits per heavy atom. The largest absolute Gasteiger partial charge is 0.464 e. The molecule has 1 heterocycles. The lowest BCUT2D eigenvalue weighted by Crippen LogP contribution is -2.30. The highest BCUT2D eigenvalue weighted by Crippen LogP contribution is 2.18. The summed E-state index contributed by atoms with van der Waals surface area (Å²) < 4.78 is 5.50. The van der Waals surface area contributed by atoms with E-state index in [1.165, 1.54) is 5.56 Å². The Balaban J connectivity index is 1.92. The van der Waals surface area contributed by atoms with Gasteiger partial charge in [0, 0.05) is 5.69 Å². The summed E-state index contributed by atoms with van der Waals surface area (Å²) >= 11 is 0. The van der Waals surface area contributed by atoms with E-state index in [4.69, 9.17) is 4.42 Å². The van der Waals surface area contributed by atoms with Crippen LogP contribution in [0.15, 0.2) is 40.8 Å². The summed E-state index contributed by atoms with van der Waals surface area (Å²) in [5.74, 6) is 2.07. The topological polar surface area (TPSA) is 54.3 Å². The first kappa shape index (κ1) is 15.2. The fraction of sp³-hybridized carbons (Fsp3) is 0.353. The van der Waals surface area contributed by atoms with Crippen molar-refractivity contribution in [1.82, 2.24) is 5.32 Å². The van der Waals surface area contributed by atoms with Crippen LogP contribution in [0.2, 0.25) is 0 Å². The van der Waals surface area contributed by atoms with E-state index >= 15 is 0 Å². The highest BCUT2D eigenvalue weighted by Gasteiger charge is 2.12. The molecule has 0 fully saturated rings. The van der Waals surface area contributed by atoms with Gasteiger partial charge in [-0.3, -0.25) is 0 Å². The molecule has 2 N–H and O–H groups in total. The van der Waals surface area contributed by atoms with Crippen molar-refractivity contribution in [3.05, 3.63) is 53.5 Å². The van der Waals surface area contributed by atoms with Crippen molar-refractivity contribution >= 4 is 11.7 Å². The maximum Gasteiger partial charge on any atom is 0.319 e. The summed E-state index contributed by atoms with van der Waals surface area (Å²) in [5.41, 5.74) is 2.03. The van der Waals surface area contributed by atoms with E-state index in [0.717, 1.165) is 17.2 Å². The molecule has 1 atom stereocenters. The summed E-state index contributed by atoms with van der Waals surface area (Å²) in [7, 11) is 0. The van der Waals surface area contributed by atoms with Crippen LogP contribution in [0.1, 0.15) is 49.8 Å². The van der Waals surface area contributed by atoms with E-state index in [-0.39, 0.29) is 12.1 Å². The van der Waals surface area contributed by atoms with Gasteiger partial charge in [0.15, 0.2) is 0 Å². The first-order valence-corrected chi connectivity index (χ1v) is 7.19. The van der Waals surface area contributed by atoms with E-state index in [1.807, 2.05) is 50.2 Å². The molecule has 0 saturated carbocycles. The normalized spacial score (nSPS) is 12.2. The third-order valence-corrected chi connectivity index (χ3v) is 3.37. The number of rotatable bonds is 4. The SMILES string of the molecule is Cc1ccc(C(C)NC(=O)Nc2ccc(C(C)C)cc2)o1. The number of furan rings is 1. The Labute approximate surface area is 125 Å². The van der Waals surface area contributed by atoms with Gasteiger partial charge < -0.3 is 15.1 Å². The Morgan fingerprint density at radius 2 is 1.71 bits per heavy atom. The molecule has 1 aromatic carbocycles. The Hall–Kier alpha value is -2.23. The molecule has 2 rings (SSSR count). The fourth-order valence-electron chi connectivity index (χ4n) is 2.07. The van der Waals surface area contributed by atoms with Gasteiger partial charge in [0.1, 0.15) is 11.5 Å². The minimum absolute atomic E-state index is 0.173. The van der Waals surface area contributed by atoms with Gasteiger partial charge in [0.2, 0.25) is 0 Å². The molecule has 4 nitrogen and oxygen atoms in total. The predicted molar refractivity (Wildman–Crippen MR) is 84.5 cm³/mol. The molecule has 112 valence electrons. The number of amides is 2. The Morgan fingerprint density at radius 3 is 2.24 bits per heavy atom. The quantitative estimate of drug-likeness (QED) is 0.863. The molecule has 0 aliphatic heterocycles. The van der Waals surface area contributed by atoms with Crippen molar-refractivity contribution in [3.63, 3.8) is 0 Å². The van der Waals surface area contributed by atoms with Crippen molar-refractivity contribution in [2.45, 2.75) is 39.7 Å². The van der Waals surface area contributed by atoms with Gasteiger partial charge in [-0.25, -0.2) is 4.79 Å². The van der Waals surface area contributed by atoms with Gasteiger partial charge in [0.05, 0.1) is 6.04 Å². The maximum atomic E-state index is 12.0. The Kier molecular flexibility index (Phi) is 4.68. The van der Waals surface area contributed by atoms with Gasteiger partial charge in [-0.2, -0.15) is 0 Å². The van der Waals surface area contributed by atoms with Gasteiger partial charge in [0.25, 0.3) is 0 Å². The molecule has 1 aromatic heterocycles. The van der Waals surface area contributed by atoms with Crippen LogP contribution in [0.25, 0.3) is 0 Å². The van der Waals surface area contributed by atoms with Crippen molar-refractivity contribution in [2.24, 2.45) is 0 Å². The number of carbonyl (C=O) groups is 1. The number of hydrogen-bond donors (Lipinski definition) is 2. The fourth-order valence-corrected chi connectivity index (χ4v) is 2.07. The van der Waals surface area contributed by atoms with Crippen LogP contribution in [0.3, 0.4) is 0 Å². The minimum Gasteiger partial charge on any atom is -0.464 e. The van der Waals surface area contributed by atoms with Crippen LogP contribution >= 0.6 is 0 Å². The minimum atomic E-state index is -0.242. The predicted octanol–water partition coefficient (Wildman–Crippen LogP) is 4.59. The zero-order valence-corrected chi connectivity index (χ0v) is 12.9. The lowest BCUT2D eigenvalue weighted by molar-refractivity contribution is 0.247. The molecule has 21 heavy (non-hydrogen) atoms. The second kappa shape index (κ2) is 6.48. The van der Waals surface area contributed by atoms with Gasteiger partial charge in [-0.05, 0) is 49.6 Å². The second-order valence-corrected chi connectivity index (χ2v) is 5.55. The molecule has 0 saturated heterocycles. The highest BCUT2D eigenvalue weighted by atomic mass is 16.3. The summed E-state index contributed by atoms with van der Waals surface area (Å²) in [4.78, 5) is 12.0. The zero-order valence-electron chi connectivity index (χ0n) is 12.9. The van der Waals surface area contributed by atoms with Crippen molar-refractivity contribution in [1.29, 1.82) is 0 Å². The molecule has 2 amide bonds. The van der Waals surface area contributed by atoms with E-state index in [9.17, 15) is 4.79 Å². The summed E-state index contributed by atoms with van der Waals surface area (Å²) in [6.45, 7) is 8.05. The van der Waals surface area contributed by atoms with Crippen LogP contribution in [-0.4, -0.2) is 6.03 Å². The van der Waals surface area contributed by atoms with Gasteiger partial charge >= 0.3 is 6.03 Å². The number of anilines is 1.